The van der Waals surface area contributed by atoms with Crippen LogP contribution in [-0.4, -0.2) is 41.4 Å². The van der Waals surface area contributed by atoms with Crippen LogP contribution in [0.2, 0.25) is 0 Å². The number of nitrogens with one attached hydrogen (secondary N) is 2. The highest BCUT2D eigenvalue weighted by Gasteiger charge is 2.24. The Morgan fingerprint density at radius 3 is 1.33 bits per heavy atom. The van der Waals surface area contributed by atoms with Gasteiger partial charge in [-0.15, -0.1) is 0 Å². The lowest BCUT2D eigenvalue weighted by atomic mass is 10.1. The maximum atomic E-state index is 12.6. The summed E-state index contributed by atoms with van der Waals surface area (Å²) in [5.74, 6) is 1.17. The molecule has 36 heavy (non-hydrogen) atoms. The lowest BCUT2D eigenvalue weighted by molar-refractivity contribution is 0.260. The minimum Gasteiger partial charge on any atom is -0.358 e. The van der Waals surface area contributed by atoms with E-state index >= 15 is 0 Å². The first-order valence-electron chi connectivity index (χ1n) is 11.7. The van der Waals surface area contributed by atoms with Gasteiger partial charge in [0.25, 0.3) is 11.1 Å². The lowest BCUT2D eigenvalue weighted by Gasteiger charge is -2.31. The summed E-state index contributed by atoms with van der Waals surface area (Å²) in [5.41, 5.74) is 2.17. The van der Waals surface area contributed by atoms with Crippen LogP contribution in [-0.2, 0) is 54.4 Å². The van der Waals surface area contributed by atoms with Crippen LogP contribution >= 0.6 is 0 Å². The van der Waals surface area contributed by atoms with Crippen LogP contribution in [0.4, 0.5) is 11.6 Å². The molecule has 2 aromatic heterocycles. The fourth-order valence-electron chi connectivity index (χ4n) is 4.99. The van der Waals surface area contributed by atoms with E-state index < -0.39 is 0 Å². The molecule has 2 aliphatic heterocycles. The van der Waals surface area contributed by atoms with Crippen molar-refractivity contribution in [1.82, 2.24) is 28.1 Å². The molecule has 2 aliphatic rings. The number of fused-ring (bicyclic) bond motifs is 2. The minimum atomic E-state index is -0.341. The molecule has 190 valence electrons. The van der Waals surface area contributed by atoms with Crippen molar-refractivity contribution in [3.63, 3.8) is 0 Å². The molecule has 0 unspecified atom stereocenters. The van der Waals surface area contributed by atoms with E-state index in [1.165, 1.54) is 23.2 Å². The van der Waals surface area contributed by atoms with Crippen molar-refractivity contribution >= 4 is 11.6 Å². The molecule has 0 aliphatic carbocycles. The summed E-state index contributed by atoms with van der Waals surface area (Å²) in [6.07, 6.45) is 0. The van der Waals surface area contributed by atoms with Crippen LogP contribution in [0.15, 0.2) is 43.4 Å². The van der Waals surface area contributed by atoms with Gasteiger partial charge in [0.2, 0.25) is 0 Å². The average Bonchev–Trinajstić information content (AvgIpc) is 2.89. The Morgan fingerprint density at radius 2 is 0.972 bits per heavy atom. The summed E-state index contributed by atoms with van der Waals surface area (Å²) >= 11 is 0. The molecule has 0 spiro atoms. The Bertz CT molecular complexity index is 1460. The third-order valence-electron chi connectivity index (χ3n) is 7.05. The predicted molar refractivity (Wildman–Crippen MR) is 136 cm³/mol. The standard InChI is InChI=1S/C24H30N8O4/c1-27-19-17(21(33)29(3)23(27)35)11-31(13-25-19)9-15-5-7-16(8-6-15)10-32-12-18-20(26-14-32)28(2)24(36)30(4)22(18)34/h5-8,25-26H,9-14H2,1-4H3. The van der Waals surface area contributed by atoms with Gasteiger partial charge in [-0.2, -0.15) is 0 Å². The maximum absolute atomic E-state index is 12.6. The number of hydrogen-bond donors (Lipinski definition) is 2. The molecular formula is C24H30N8O4. The monoisotopic (exact) mass is 494 g/mol. The van der Waals surface area contributed by atoms with Crippen LogP contribution in [0, 0.1) is 0 Å². The Morgan fingerprint density at radius 1 is 0.611 bits per heavy atom. The summed E-state index contributed by atoms with van der Waals surface area (Å²) < 4.78 is 5.24. The number of anilines is 2. The van der Waals surface area contributed by atoms with Gasteiger partial charge in [0.1, 0.15) is 11.6 Å². The molecule has 0 radical (unpaired) electrons. The third-order valence-corrected chi connectivity index (χ3v) is 7.05. The van der Waals surface area contributed by atoms with Crippen LogP contribution in [0.3, 0.4) is 0 Å². The van der Waals surface area contributed by atoms with Crippen molar-refractivity contribution in [2.75, 3.05) is 24.0 Å². The Kier molecular flexibility index (Phi) is 5.92. The van der Waals surface area contributed by atoms with Crippen molar-refractivity contribution in [2.24, 2.45) is 28.2 Å². The first kappa shape index (κ1) is 23.8. The topological polar surface area (TPSA) is 119 Å². The zero-order chi connectivity index (χ0) is 25.7. The molecular weight excluding hydrogens is 464 g/mol. The average molecular weight is 495 g/mol. The Balaban J connectivity index is 1.26. The molecule has 0 amide bonds. The normalized spacial score (nSPS) is 15.7. The predicted octanol–water partition coefficient (Wildman–Crippen LogP) is -0.748. The van der Waals surface area contributed by atoms with Crippen LogP contribution in [0.25, 0.3) is 0 Å². The van der Waals surface area contributed by atoms with Gasteiger partial charge in [0, 0.05) is 54.4 Å². The summed E-state index contributed by atoms with van der Waals surface area (Å²) in [4.78, 5) is 53.8. The highest BCUT2D eigenvalue weighted by Crippen LogP contribution is 2.21. The van der Waals surface area contributed by atoms with Gasteiger partial charge in [-0.05, 0) is 11.1 Å². The molecule has 12 heteroatoms. The lowest BCUT2D eigenvalue weighted by Crippen LogP contribution is -2.46. The quantitative estimate of drug-likeness (QED) is 0.487. The molecule has 0 saturated carbocycles. The number of rotatable bonds is 4. The van der Waals surface area contributed by atoms with Gasteiger partial charge in [0.15, 0.2) is 0 Å². The molecule has 0 bridgehead atoms. The molecule has 4 heterocycles. The molecule has 5 rings (SSSR count). The van der Waals surface area contributed by atoms with Gasteiger partial charge in [-0.1, -0.05) is 24.3 Å². The van der Waals surface area contributed by atoms with E-state index in [9.17, 15) is 19.2 Å². The smallest absolute Gasteiger partial charge is 0.332 e. The van der Waals surface area contributed by atoms with Crippen molar-refractivity contribution in [3.05, 3.63) is 88.2 Å². The van der Waals surface area contributed by atoms with E-state index in [0.29, 0.717) is 62.3 Å². The van der Waals surface area contributed by atoms with Crippen molar-refractivity contribution in [3.8, 4) is 0 Å². The zero-order valence-electron chi connectivity index (χ0n) is 20.9. The molecule has 0 fully saturated rings. The van der Waals surface area contributed by atoms with E-state index in [0.717, 1.165) is 20.3 Å². The minimum absolute atomic E-state index is 0.271. The second-order valence-electron chi connectivity index (χ2n) is 9.53. The maximum Gasteiger partial charge on any atom is 0.332 e. The second kappa shape index (κ2) is 8.95. The van der Waals surface area contributed by atoms with Gasteiger partial charge >= 0.3 is 11.4 Å². The number of hydrogen-bond acceptors (Lipinski definition) is 8. The number of aromatic nitrogens is 4. The summed E-state index contributed by atoms with van der Waals surface area (Å²) in [6, 6.07) is 8.27. The van der Waals surface area contributed by atoms with Crippen LogP contribution in [0.1, 0.15) is 22.3 Å². The van der Waals surface area contributed by atoms with Gasteiger partial charge in [-0.25, -0.2) is 9.59 Å². The van der Waals surface area contributed by atoms with E-state index in [-0.39, 0.29) is 22.5 Å². The SMILES string of the molecule is Cn1c2c(c(=O)n(C)c1=O)CN(Cc1ccc(CN3CNc4c(c(=O)n(C)c(=O)n4C)C3)cc1)CN2. The molecule has 12 nitrogen and oxygen atoms in total. The van der Waals surface area contributed by atoms with Crippen LogP contribution in [0.5, 0.6) is 0 Å². The van der Waals surface area contributed by atoms with Crippen molar-refractivity contribution in [1.29, 1.82) is 0 Å². The Labute approximate surface area is 206 Å². The van der Waals surface area contributed by atoms with Crippen molar-refractivity contribution in [2.45, 2.75) is 26.2 Å². The fraction of sp³-hybridized carbons (Fsp3) is 0.417. The molecule has 2 N–H and O–H groups in total. The molecule has 0 saturated heterocycles. The van der Waals surface area contributed by atoms with E-state index in [4.69, 9.17) is 0 Å². The van der Waals surface area contributed by atoms with E-state index in [2.05, 4.69) is 44.7 Å². The van der Waals surface area contributed by atoms with E-state index in [1.807, 2.05) is 0 Å². The highest BCUT2D eigenvalue weighted by atomic mass is 16.2. The van der Waals surface area contributed by atoms with Crippen molar-refractivity contribution < 1.29 is 0 Å². The fourth-order valence-corrected chi connectivity index (χ4v) is 4.99. The third kappa shape index (κ3) is 3.97. The summed E-state index contributed by atoms with van der Waals surface area (Å²) in [7, 11) is 6.32. The zero-order valence-corrected chi connectivity index (χ0v) is 20.9. The summed E-state index contributed by atoms with van der Waals surface area (Å²) in [5, 5.41) is 6.43. The van der Waals surface area contributed by atoms with Gasteiger partial charge < -0.3 is 10.6 Å². The van der Waals surface area contributed by atoms with Gasteiger partial charge in [-0.3, -0.25) is 37.7 Å². The van der Waals surface area contributed by atoms with E-state index in [1.54, 1.807) is 14.1 Å². The first-order valence-corrected chi connectivity index (χ1v) is 11.7. The number of nitrogens with zero attached hydrogens (tertiary/aromatic N) is 6. The molecule has 3 aromatic rings. The molecule has 1 aromatic carbocycles. The largest absolute Gasteiger partial charge is 0.358 e. The van der Waals surface area contributed by atoms with Crippen LogP contribution < -0.4 is 33.1 Å². The molecule has 0 atom stereocenters. The number of benzene rings is 1. The summed E-state index contributed by atoms with van der Waals surface area (Å²) in [6.45, 7) is 3.29. The Hall–Kier alpha value is -3.90. The van der Waals surface area contributed by atoms with Gasteiger partial charge in [0.05, 0.1) is 24.5 Å². The first-order chi connectivity index (χ1) is 17.2. The second-order valence-corrected chi connectivity index (χ2v) is 9.53. The highest BCUT2D eigenvalue weighted by molar-refractivity contribution is 5.46.